The lowest BCUT2D eigenvalue weighted by atomic mass is 9.87. The van der Waals surface area contributed by atoms with Crippen molar-refractivity contribution in [1.82, 2.24) is 15.5 Å². The molecule has 2 rings (SSSR count). The van der Waals surface area contributed by atoms with E-state index in [9.17, 15) is 0 Å². The van der Waals surface area contributed by atoms with Crippen molar-refractivity contribution in [2.45, 2.75) is 45.2 Å². The first-order valence-corrected chi connectivity index (χ1v) is 7.06. The van der Waals surface area contributed by atoms with Crippen molar-refractivity contribution in [2.75, 3.05) is 25.6 Å². The van der Waals surface area contributed by atoms with Crippen molar-refractivity contribution in [3.63, 3.8) is 0 Å². The lowest BCUT2D eigenvalue weighted by Gasteiger charge is -2.25. The fourth-order valence-corrected chi connectivity index (χ4v) is 2.33. The van der Waals surface area contributed by atoms with Gasteiger partial charge in [-0.05, 0) is 31.6 Å². The van der Waals surface area contributed by atoms with Gasteiger partial charge in [0, 0.05) is 19.7 Å². The van der Waals surface area contributed by atoms with Crippen LogP contribution in [0.3, 0.4) is 0 Å². The zero-order valence-corrected chi connectivity index (χ0v) is 11.8. The normalized spacial score (nSPS) is 23.5. The molecule has 6 heteroatoms. The van der Waals surface area contributed by atoms with Crippen LogP contribution in [-0.2, 0) is 11.3 Å². The summed E-state index contributed by atoms with van der Waals surface area (Å²) in [5.41, 5.74) is 0. The lowest BCUT2D eigenvalue weighted by Crippen LogP contribution is -2.25. The number of nitrogens with one attached hydrogen (secondary N) is 2. The Balaban J connectivity index is 1.71. The summed E-state index contributed by atoms with van der Waals surface area (Å²) in [4.78, 5) is 0. The average Bonchev–Trinajstić information content (AvgIpc) is 2.85. The molecule has 0 amide bonds. The van der Waals surface area contributed by atoms with Crippen molar-refractivity contribution in [1.29, 1.82) is 0 Å². The zero-order valence-electron chi connectivity index (χ0n) is 11.8. The van der Waals surface area contributed by atoms with Crippen LogP contribution in [0.4, 0.5) is 6.01 Å². The first-order valence-electron chi connectivity index (χ1n) is 7.06. The van der Waals surface area contributed by atoms with Gasteiger partial charge in [-0.1, -0.05) is 12.0 Å². The quantitative estimate of drug-likeness (QED) is 0.735. The molecule has 0 radical (unpaired) electrons. The summed E-state index contributed by atoms with van der Waals surface area (Å²) in [5.74, 6) is 1.46. The van der Waals surface area contributed by atoms with Crippen molar-refractivity contribution in [3.05, 3.63) is 5.89 Å². The van der Waals surface area contributed by atoms with Crippen LogP contribution in [0.5, 0.6) is 0 Å². The number of anilines is 1. The molecule has 0 aliphatic heterocycles. The van der Waals surface area contributed by atoms with Crippen molar-refractivity contribution in [3.8, 4) is 0 Å². The standard InChI is InChI=1S/C13H24N4O2/c1-10-3-5-11(6-4-10)15-13-17-16-12(19-13)9-14-7-8-18-2/h10-11,14H,3-9H2,1-2H3,(H,15,17). The van der Waals surface area contributed by atoms with Gasteiger partial charge < -0.3 is 19.8 Å². The minimum Gasteiger partial charge on any atom is -0.407 e. The van der Waals surface area contributed by atoms with Gasteiger partial charge in [-0.15, -0.1) is 5.10 Å². The highest BCUT2D eigenvalue weighted by Crippen LogP contribution is 2.25. The highest BCUT2D eigenvalue weighted by atomic mass is 16.5. The van der Waals surface area contributed by atoms with E-state index in [2.05, 4.69) is 27.8 Å². The van der Waals surface area contributed by atoms with E-state index in [1.54, 1.807) is 7.11 Å². The molecule has 1 aliphatic carbocycles. The van der Waals surface area contributed by atoms with Crippen LogP contribution in [0.25, 0.3) is 0 Å². The molecular weight excluding hydrogens is 244 g/mol. The molecule has 1 fully saturated rings. The van der Waals surface area contributed by atoms with E-state index < -0.39 is 0 Å². The predicted octanol–water partition coefficient (Wildman–Crippen LogP) is 1.80. The molecule has 0 unspecified atom stereocenters. The van der Waals surface area contributed by atoms with E-state index in [0.29, 0.717) is 31.1 Å². The summed E-state index contributed by atoms with van der Waals surface area (Å²) < 4.78 is 10.5. The number of methoxy groups -OCH3 is 1. The molecule has 1 aliphatic rings. The topological polar surface area (TPSA) is 72.2 Å². The highest BCUT2D eigenvalue weighted by Gasteiger charge is 2.19. The van der Waals surface area contributed by atoms with Crippen molar-refractivity contribution < 1.29 is 9.15 Å². The second-order valence-electron chi connectivity index (χ2n) is 5.27. The Morgan fingerprint density at radius 3 is 2.79 bits per heavy atom. The van der Waals surface area contributed by atoms with Gasteiger partial charge in [-0.3, -0.25) is 0 Å². The zero-order chi connectivity index (χ0) is 13.5. The van der Waals surface area contributed by atoms with Crippen molar-refractivity contribution >= 4 is 6.01 Å². The summed E-state index contributed by atoms with van der Waals surface area (Å²) >= 11 is 0. The van der Waals surface area contributed by atoms with Crippen LogP contribution in [0.1, 0.15) is 38.5 Å². The maximum Gasteiger partial charge on any atom is 0.315 e. The molecule has 6 nitrogen and oxygen atoms in total. The molecule has 1 heterocycles. The number of ether oxygens (including phenoxy) is 1. The van der Waals surface area contributed by atoms with Gasteiger partial charge in [0.25, 0.3) is 0 Å². The monoisotopic (exact) mass is 268 g/mol. The first-order chi connectivity index (χ1) is 9.28. The number of rotatable bonds is 7. The first kappa shape index (κ1) is 14.3. The van der Waals surface area contributed by atoms with E-state index in [0.717, 1.165) is 12.5 Å². The van der Waals surface area contributed by atoms with Gasteiger partial charge in [0.15, 0.2) is 0 Å². The van der Waals surface area contributed by atoms with Gasteiger partial charge >= 0.3 is 6.01 Å². The fourth-order valence-electron chi connectivity index (χ4n) is 2.33. The van der Waals surface area contributed by atoms with Crippen LogP contribution < -0.4 is 10.6 Å². The van der Waals surface area contributed by atoms with E-state index >= 15 is 0 Å². The fraction of sp³-hybridized carbons (Fsp3) is 0.846. The Hall–Kier alpha value is -1.14. The molecule has 0 spiro atoms. The van der Waals surface area contributed by atoms with Crippen LogP contribution >= 0.6 is 0 Å². The van der Waals surface area contributed by atoms with E-state index in [1.807, 2.05) is 0 Å². The van der Waals surface area contributed by atoms with Crippen LogP contribution in [0.2, 0.25) is 0 Å². The highest BCUT2D eigenvalue weighted by molar-refractivity contribution is 5.19. The second-order valence-corrected chi connectivity index (χ2v) is 5.27. The Labute approximate surface area is 114 Å². The molecule has 0 atom stereocenters. The molecule has 1 saturated carbocycles. The summed E-state index contributed by atoms with van der Waals surface area (Å²) in [6, 6.07) is 1.02. The number of hydrogen-bond acceptors (Lipinski definition) is 6. The minimum atomic E-state index is 0.478. The maximum atomic E-state index is 5.56. The summed E-state index contributed by atoms with van der Waals surface area (Å²) in [6.45, 7) is 4.36. The van der Waals surface area contributed by atoms with E-state index in [4.69, 9.17) is 9.15 Å². The average molecular weight is 268 g/mol. The Morgan fingerprint density at radius 1 is 1.26 bits per heavy atom. The van der Waals surface area contributed by atoms with Gasteiger partial charge in [0.05, 0.1) is 13.2 Å². The summed E-state index contributed by atoms with van der Waals surface area (Å²) in [7, 11) is 1.68. The van der Waals surface area contributed by atoms with Gasteiger partial charge in [0.1, 0.15) is 0 Å². The van der Waals surface area contributed by atoms with Gasteiger partial charge in [0.2, 0.25) is 5.89 Å². The smallest absolute Gasteiger partial charge is 0.315 e. The predicted molar refractivity (Wildman–Crippen MR) is 72.9 cm³/mol. The largest absolute Gasteiger partial charge is 0.407 e. The second kappa shape index (κ2) is 7.45. The summed E-state index contributed by atoms with van der Waals surface area (Å²) in [5, 5.41) is 14.5. The third kappa shape index (κ3) is 4.80. The molecule has 108 valence electrons. The Kier molecular flexibility index (Phi) is 5.60. The molecular formula is C13H24N4O2. The van der Waals surface area contributed by atoms with Gasteiger partial charge in [-0.25, -0.2) is 0 Å². The number of aromatic nitrogens is 2. The van der Waals surface area contributed by atoms with Crippen LogP contribution in [0, 0.1) is 5.92 Å². The van der Waals surface area contributed by atoms with Crippen LogP contribution in [0.15, 0.2) is 4.42 Å². The molecule has 19 heavy (non-hydrogen) atoms. The molecule has 2 N–H and O–H groups in total. The minimum absolute atomic E-state index is 0.478. The number of nitrogens with zero attached hydrogens (tertiary/aromatic N) is 2. The van der Waals surface area contributed by atoms with Crippen molar-refractivity contribution in [2.24, 2.45) is 5.92 Å². The maximum absolute atomic E-state index is 5.56. The SMILES string of the molecule is COCCNCc1nnc(NC2CCC(C)CC2)o1. The Morgan fingerprint density at radius 2 is 2.05 bits per heavy atom. The third-order valence-corrected chi connectivity index (χ3v) is 3.57. The molecule has 0 bridgehead atoms. The number of hydrogen-bond donors (Lipinski definition) is 2. The van der Waals surface area contributed by atoms with E-state index in [1.165, 1.54) is 25.7 Å². The molecule has 0 saturated heterocycles. The van der Waals surface area contributed by atoms with Crippen LogP contribution in [-0.4, -0.2) is 36.5 Å². The van der Waals surface area contributed by atoms with Gasteiger partial charge in [-0.2, -0.15) is 0 Å². The lowest BCUT2D eigenvalue weighted by molar-refractivity contribution is 0.198. The molecule has 1 aromatic rings. The molecule has 1 aromatic heterocycles. The summed E-state index contributed by atoms with van der Waals surface area (Å²) in [6.07, 6.45) is 4.92. The third-order valence-electron chi connectivity index (χ3n) is 3.57. The molecule has 0 aromatic carbocycles. The Bertz CT molecular complexity index is 361. The van der Waals surface area contributed by atoms with E-state index in [-0.39, 0.29) is 0 Å².